The monoisotopic (exact) mass is 664 g/mol. The lowest BCUT2D eigenvalue weighted by atomic mass is 9.90. The summed E-state index contributed by atoms with van der Waals surface area (Å²) in [4.78, 5) is 28.7. The number of rotatable bonds is 11. The van der Waals surface area contributed by atoms with Gasteiger partial charge in [0.15, 0.2) is 0 Å². The molecule has 0 radical (unpaired) electrons. The molecule has 2 aromatic heterocycles. The summed E-state index contributed by atoms with van der Waals surface area (Å²) in [6.07, 6.45) is 0.380. The van der Waals surface area contributed by atoms with Crippen LogP contribution in [0.3, 0.4) is 0 Å². The van der Waals surface area contributed by atoms with Crippen LogP contribution in [-0.2, 0) is 21.3 Å². The van der Waals surface area contributed by atoms with Crippen molar-refractivity contribution in [1.82, 2.24) is 5.32 Å². The van der Waals surface area contributed by atoms with Gasteiger partial charge < -0.3 is 15.1 Å². The van der Waals surface area contributed by atoms with Crippen LogP contribution in [0.2, 0.25) is 0 Å². The molecular formula is C37H32N2O6S2. The largest absolute Gasteiger partial charge is 0.456 e. The molecule has 0 aliphatic heterocycles. The second kappa shape index (κ2) is 13.8. The predicted octanol–water partition coefficient (Wildman–Crippen LogP) is 7.72. The summed E-state index contributed by atoms with van der Waals surface area (Å²) < 4.78 is 36.8. The number of fused-ring (bicyclic) bond motifs is 1. The lowest BCUT2D eigenvalue weighted by molar-refractivity contribution is -0.117. The van der Waals surface area contributed by atoms with Crippen LogP contribution in [0.1, 0.15) is 32.3 Å². The van der Waals surface area contributed by atoms with Crippen LogP contribution in [-0.4, -0.2) is 37.1 Å². The summed E-state index contributed by atoms with van der Waals surface area (Å²) in [7, 11) is -4.17. The van der Waals surface area contributed by atoms with E-state index in [1.165, 1.54) is 4.88 Å². The van der Waals surface area contributed by atoms with E-state index in [0.29, 0.717) is 17.7 Å². The maximum atomic E-state index is 13.9. The van der Waals surface area contributed by atoms with Crippen molar-refractivity contribution in [2.75, 3.05) is 17.6 Å². The zero-order valence-electron chi connectivity index (χ0n) is 25.5. The highest BCUT2D eigenvalue weighted by Gasteiger charge is 2.22. The molecule has 8 nitrogen and oxygen atoms in total. The molecule has 47 heavy (non-hydrogen) atoms. The minimum absolute atomic E-state index is 0.173. The maximum absolute atomic E-state index is 13.9. The third-order valence-electron chi connectivity index (χ3n) is 7.82. The number of carbonyl (C=O) groups excluding carboxylic acids is 2. The molecule has 0 spiro atoms. The van der Waals surface area contributed by atoms with E-state index in [9.17, 15) is 18.0 Å². The fourth-order valence-corrected chi connectivity index (χ4v) is 6.56. The van der Waals surface area contributed by atoms with Gasteiger partial charge in [-0.2, -0.15) is 8.42 Å². The quantitative estimate of drug-likeness (QED) is 0.122. The number of carbonyl (C=O) groups is 2. The Morgan fingerprint density at radius 1 is 0.851 bits per heavy atom. The minimum atomic E-state index is -4.17. The third-order valence-corrected chi connectivity index (χ3v) is 9.59. The van der Waals surface area contributed by atoms with Crippen LogP contribution < -0.4 is 10.6 Å². The molecule has 2 heterocycles. The van der Waals surface area contributed by atoms with E-state index in [2.05, 4.69) is 29.7 Å². The van der Waals surface area contributed by atoms with Crippen LogP contribution in [0, 0.1) is 6.92 Å². The minimum Gasteiger partial charge on any atom is -0.456 e. The summed E-state index contributed by atoms with van der Waals surface area (Å²) in [6.45, 7) is 1.86. The Morgan fingerprint density at radius 3 is 2.21 bits per heavy atom. The molecule has 6 rings (SSSR count). The van der Waals surface area contributed by atoms with E-state index < -0.39 is 27.7 Å². The highest BCUT2D eigenvalue weighted by Crippen LogP contribution is 2.32. The molecule has 6 aromatic rings. The Kier molecular flexibility index (Phi) is 9.35. The van der Waals surface area contributed by atoms with Gasteiger partial charge in [-0.3, -0.25) is 14.1 Å². The number of amides is 2. The summed E-state index contributed by atoms with van der Waals surface area (Å²) >= 11 is 1.72. The molecular weight excluding hydrogens is 633 g/mol. The van der Waals surface area contributed by atoms with Gasteiger partial charge in [0, 0.05) is 38.5 Å². The second-order valence-corrected chi connectivity index (χ2v) is 14.1. The molecule has 0 aliphatic rings. The van der Waals surface area contributed by atoms with Gasteiger partial charge in [-0.05, 0) is 90.7 Å². The Bertz CT molecular complexity index is 2100. The van der Waals surface area contributed by atoms with Gasteiger partial charge in [-0.25, -0.2) is 0 Å². The molecule has 10 heteroatoms. The highest BCUT2D eigenvalue weighted by atomic mass is 32.2. The van der Waals surface area contributed by atoms with Gasteiger partial charge >= 0.3 is 0 Å². The van der Waals surface area contributed by atoms with E-state index in [1.54, 1.807) is 35.6 Å². The first-order chi connectivity index (χ1) is 22.6. The number of para-hydroxylation sites is 1. The Labute approximate surface area is 276 Å². The first-order valence-electron chi connectivity index (χ1n) is 15.0. The van der Waals surface area contributed by atoms with E-state index >= 15 is 0 Å². The van der Waals surface area contributed by atoms with Crippen molar-refractivity contribution in [3.05, 3.63) is 137 Å². The smallest absolute Gasteiger partial charge is 0.266 e. The van der Waals surface area contributed by atoms with Crippen molar-refractivity contribution in [2.45, 2.75) is 19.3 Å². The van der Waals surface area contributed by atoms with Gasteiger partial charge in [0.1, 0.15) is 11.3 Å². The van der Waals surface area contributed by atoms with Crippen molar-refractivity contribution in [3.8, 4) is 21.8 Å². The fraction of sp³-hybridized carbons (Fsp3) is 0.135. The number of aryl methyl sites for hydroxylation is 1. The summed E-state index contributed by atoms with van der Waals surface area (Å²) in [5, 5.41) is 6.58. The first kappa shape index (κ1) is 31.9. The van der Waals surface area contributed by atoms with Gasteiger partial charge in [0.2, 0.25) is 5.91 Å². The molecule has 1 atom stereocenters. The Morgan fingerprint density at radius 2 is 1.55 bits per heavy atom. The SMILES string of the molecule is Cc1ccc(-c2ccc(C(Cc3ccc(C(=O)NCCS(=O)(=O)O)cc3)C(=O)Nc3ccc(-c4cc5ccccc5o4)cc3)cc2)s1. The van der Waals surface area contributed by atoms with E-state index in [-0.39, 0.29) is 12.5 Å². The molecule has 0 saturated carbocycles. The predicted molar refractivity (Wildman–Crippen MR) is 186 cm³/mol. The number of nitrogens with one attached hydrogen (secondary N) is 2. The zero-order valence-corrected chi connectivity index (χ0v) is 27.1. The Balaban J connectivity index is 1.20. The zero-order chi connectivity index (χ0) is 33.0. The average molecular weight is 665 g/mol. The number of furan rings is 1. The normalized spacial score (nSPS) is 12.1. The second-order valence-electron chi connectivity index (χ2n) is 11.2. The number of hydrogen-bond acceptors (Lipinski definition) is 6. The average Bonchev–Trinajstić information content (AvgIpc) is 3.70. The van der Waals surface area contributed by atoms with Crippen LogP contribution in [0.5, 0.6) is 0 Å². The number of hydrogen-bond donors (Lipinski definition) is 3. The van der Waals surface area contributed by atoms with Crippen molar-refractivity contribution >= 4 is 49.9 Å². The van der Waals surface area contributed by atoms with Crippen molar-refractivity contribution < 1.29 is 27.0 Å². The van der Waals surface area contributed by atoms with Crippen molar-refractivity contribution in [1.29, 1.82) is 0 Å². The summed E-state index contributed by atoms with van der Waals surface area (Å²) in [5.41, 5.74) is 5.48. The van der Waals surface area contributed by atoms with Gasteiger partial charge in [-0.1, -0.05) is 54.6 Å². The fourth-order valence-electron chi connectivity index (χ4n) is 5.33. The van der Waals surface area contributed by atoms with Crippen LogP contribution in [0.15, 0.2) is 120 Å². The topological polar surface area (TPSA) is 126 Å². The molecule has 4 aromatic carbocycles. The third kappa shape index (κ3) is 8.04. The van der Waals surface area contributed by atoms with E-state index in [1.807, 2.05) is 78.9 Å². The number of benzene rings is 4. The summed E-state index contributed by atoms with van der Waals surface area (Å²) in [5.74, 6) is -0.980. The molecule has 0 saturated heterocycles. The van der Waals surface area contributed by atoms with E-state index in [4.69, 9.17) is 8.97 Å². The van der Waals surface area contributed by atoms with Gasteiger partial charge in [0.25, 0.3) is 16.0 Å². The van der Waals surface area contributed by atoms with Crippen LogP contribution in [0.25, 0.3) is 32.7 Å². The lowest BCUT2D eigenvalue weighted by Gasteiger charge is -2.18. The maximum Gasteiger partial charge on any atom is 0.266 e. The van der Waals surface area contributed by atoms with Crippen LogP contribution >= 0.6 is 11.3 Å². The first-order valence-corrected chi connectivity index (χ1v) is 17.4. The van der Waals surface area contributed by atoms with Crippen molar-refractivity contribution in [3.63, 3.8) is 0 Å². The standard InChI is InChI=1S/C37H32N2O6S2/c1-24-6-19-35(46-24)28-13-11-26(12-14-28)32(22-25-7-9-29(10-8-25)36(40)38-20-21-47(42,43)44)37(41)39-31-17-15-27(16-18-31)34-23-30-4-2-3-5-33(30)45-34/h2-19,23,32H,20-22H2,1H3,(H,38,40)(H,39,41)(H,42,43,44). The molecule has 1 unspecified atom stereocenters. The summed E-state index contributed by atoms with van der Waals surface area (Å²) in [6, 6.07) is 36.4. The van der Waals surface area contributed by atoms with Crippen molar-refractivity contribution in [2.24, 2.45) is 0 Å². The van der Waals surface area contributed by atoms with Gasteiger partial charge in [-0.15, -0.1) is 11.3 Å². The van der Waals surface area contributed by atoms with Gasteiger partial charge in [0.05, 0.1) is 11.7 Å². The Hall–Kier alpha value is -5.03. The molecule has 2 amide bonds. The van der Waals surface area contributed by atoms with E-state index in [0.717, 1.165) is 43.9 Å². The number of anilines is 1. The molecule has 0 fully saturated rings. The number of thiophene rings is 1. The molecule has 3 N–H and O–H groups in total. The molecule has 238 valence electrons. The highest BCUT2D eigenvalue weighted by molar-refractivity contribution is 7.85. The lowest BCUT2D eigenvalue weighted by Crippen LogP contribution is -2.28. The van der Waals surface area contributed by atoms with Crippen LogP contribution in [0.4, 0.5) is 5.69 Å². The molecule has 0 bridgehead atoms. The molecule has 0 aliphatic carbocycles.